The molecule has 5 nitrogen and oxygen atoms in total. The Balaban J connectivity index is 2.17. The van der Waals surface area contributed by atoms with E-state index in [-0.39, 0.29) is 5.91 Å². The summed E-state index contributed by atoms with van der Waals surface area (Å²) in [6, 6.07) is 9.21. The molecule has 0 unspecified atom stereocenters. The molecule has 24 heavy (non-hydrogen) atoms. The van der Waals surface area contributed by atoms with E-state index >= 15 is 0 Å². The van der Waals surface area contributed by atoms with E-state index in [2.05, 4.69) is 0 Å². The fourth-order valence-corrected chi connectivity index (χ4v) is 3.44. The monoisotopic (exact) mass is 350 g/mol. The lowest BCUT2D eigenvalue weighted by atomic mass is 10.0. The van der Waals surface area contributed by atoms with Gasteiger partial charge in [0, 0.05) is 25.8 Å². The first-order chi connectivity index (χ1) is 11.3. The lowest BCUT2D eigenvalue weighted by molar-refractivity contribution is -0.135. The van der Waals surface area contributed by atoms with Gasteiger partial charge in [0.25, 0.3) is 0 Å². The van der Waals surface area contributed by atoms with Gasteiger partial charge in [0.1, 0.15) is 11.6 Å². The van der Waals surface area contributed by atoms with Gasteiger partial charge in [-0.1, -0.05) is 30.3 Å². The van der Waals surface area contributed by atoms with Gasteiger partial charge >= 0.3 is 6.09 Å². The molecular formula is C18H26N2O3S. The van der Waals surface area contributed by atoms with Gasteiger partial charge in [-0.2, -0.15) is 0 Å². The highest BCUT2D eigenvalue weighted by Crippen LogP contribution is 2.19. The Morgan fingerprint density at radius 3 is 2.50 bits per heavy atom. The van der Waals surface area contributed by atoms with Crippen molar-refractivity contribution in [1.29, 1.82) is 0 Å². The number of likely N-dealkylation sites (N-methyl/N-ethyl adjacent to an activating group) is 1. The Labute approximate surface area is 148 Å². The van der Waals surface area contributed by atoms with E-state index in [0.29, 0.717) is 12.3 Å². The summed E-state index contributed by atoms with van der Waals surface area (Å²) in [6.45, 7) is 6.20. The van der Waals surface area contributed by atoms with Gasteiger partial charge in [-0.3, -0.25) is 9.69 Å². The van der Waals surface area contributed by atoms with E-state index < -0.39 is 17.7 Å². The molecule has 6 heteroatoms. The second-order valence-electron chi connectivity index (χ2n) is 6.94. The summed E-state index contributed by atoms with van der Waals surface area (Å²) >= 11 is 1.73. The molecule has 0 aliphatic carbocycles. The zero-order chi connectivity index (χ0) is 17.7. The van der Waals surface area contributed by atoms with E-state index in [4.69, 9.17) is 4.74 Å². The van der Waals surface area contributed by atoms with E-state index in [1.165, 1.54) is 4.90 Å². The first-order valence-corrected chi connectivity index (χ1v) is 9.29. The number of amides is 2. The summed E-state index contributed by atoms with van der Waals surface area (Å²) < 4.78 is 5.44. The Kier molecular flexibility index (Phi) is 6.15. The average molecular weight is 350 g/mol. The highest BCUT2D eigenvalue weighted by atomic mass is 32.2. The molecule has 2 amide bonds. The van der Waals surface area contributed by atoms with Crippen LogP contribution in [0.4, 0.5) is 4.79 Å². The maximum Gasteiger partial charge on any atom is 0.410 e. The first kappa shape index (κ1) is 18.6. The zero-order valence-electron chi connectivity index (χ0n) is 14.8. The summed E-state index contributed by atoms with van der Waals surface area (Å²) in [4.78, 5) is 28.6. The number of benzene rings is 1. The highest BCUT2D eigenvalue weighted by Gasteiger charge is 2.34. The third-order valence-corrected chi connectivity index (χ3v) is 4.74. The molecule has 0 radical (unpaired) electrons. The summed E-state index contributed by atoms with van der Waals surface area (Å²) in [5, 5.41) is 0. The number of nitrogens with zero attached hydrogens (tertiary/aromatic N) is 2. The van der Waals surface area contributed by atoms with Crippen molar-refractivity contribution in [3.05, 3.63) is 35.9 Å². The van der Waals surface area contributed by atoms with Crippen LogP contribution in [0, 0.1) is 0 Å². The Morgan fingerprint density at radius 1 is 1.29 bits per heavy atom. The minimum absolute atomic E-state index is 0.0165. The van der Waals surface area contributed by atoms with Crippen molar-refractivity contribution in [3.8, 4) is 0 Å². The molecule has 2 rings (SSSR count). The second-order valence-corrected chi connectivity index (χ2v) is 8.01. The predicted octanol–water partition coefficient (Wildman–Crippen LogP) is 3.00. The van der Waals surface area contributed by atoms with Gasteiger partial charge in [0.15, 0.2) is 0 Å². The number of hydrogen-bond acceptors (Lipinski definition) is 4. The van der Waals surface area contributed by atoms with Crippen LogP contribution < -0.4 is 0 Å². The van der Waals surface area contributed by atoms with Gasteiger partial charge in [-0.15, -0.1) is 11.8 Å². The van der Waals surface area contributed by atoms with Crippen LogP contribution in [0.2, 0.25) is 0 Å². The molecule has 1 aliphatic heterocycles. The second kappa shape index (κ2) is 7.92. The largest absolute Gasteiger partial charge is 0.444 e. The van der Waals surface area contributed by atoms with Crippen LogP contribution in [0.25, 0.3) is 0 Å². The van der Waals surface area contributed by atoms with Crippen LogP contribution in [0.3, 0.4) is 0 Å². The highest BCUT2D eigenvalue weighted by molar-refractivity contribution is 7.99. The molecule has 1 atom stereocenters. The summed E-state index contributed by atoms with van der Waals surface area (Å²) in [5.41, 5.74) is 0.438. The van der Waals surface area contributed by atoms with Crippen molar-refractivity contribution in [1.82, 2.24) is 9.80 Å². The van der Waals surface area contributed by atoms with Crippen LogP contribution in [0.15, 0.2) is 30.3 Å². The summed E-state index contributed by atoms with van der Waals surface area (Å²) in [6.07, 6.45) is 0.0139. The number of ether oxygens (including phenoxy) is 1. The molecule has 1 heterocycles. The van der Waals surface area contributed by atoms with Crippen molar-refractivity contribution in [2.24, 2.45) is 0 Å². The predicted molar refractivity (Wildman–Crippen MR) is 97.0 cm³/mol. The Bertz CT molecular complexity index is 565. The van der Waals surface area contributed by atoms with E-state index in [0.717, 1.165) is 17.9 Å². The fraction of sp³-hybridized carbons (Fsp3) is 0.556. The molecule has 1 saturated heterocycles. The van der Waals surface area contributed by atoms with Crippen molar-refractivity contribution < 1.29 is 14.3 Å². The lowest BCUT2D eigenvalue weighted by Crippen LogP contribution is -2.51. The third-order valence-electron chi connectivity index (χ3n) is 3.77. The molecule has 0 saturated carbocycles. The van der Waals surface area contributed by atoms with Gasteiger partial charge in [-0.25, -0.2) is 4.79 Å². The van der Waals surface area contributed by atoms with Gasteiger partial charge in [0.2, 0.25) is 5.91 Å². The molecule has 1 fully saturated rings. The van der Waals surface area contributed by atoms with Crippen molar-refractivity contribution in [2.75, 3.05) is 25.2 Å². The van der Waals surface area contributed by atoms with E-state index in [1.54, 1.807) is 18.8 Å². The fourth-order valence-electron chi connectivity index (χ4n) is 2.49. The number of thioether (sulfide) groups is 1. The maximum absolute atomic E-state index is 12.9. The number of carbonyl (C=O) groups is 2. The van der Waals surface area contributed by atoms with Crippen LogP contribution in [-0.4, -0.2) is 58.7 Å². The first-order valence-electron chi connectivity index (χ1n) is 8.14. The minimum atomic E-state index is -0.588. The van der Waals surface area contributed by atoms with Crippen molar-refractivity contribution >= 4 is 23.8 Å². The smallest absolute Gasteiger partial charge is 0.410 e. The molecule has 0 bridgehead atoms. The molecule has 132 valence electrons. The topological polar surface area (TPSA) is 49.9 Å². The molecule has 1 aromatic carbocycles. The summed E-state index contributed by atoms with van der Waals surface area (Å²) in [7, 11) is 1.64. The SMILES string of the molecule is CN(C(=O)OC(C)(C)C)[C@@H](Cc1ccccc1)C(=O)N1CCSC1. The number of hydrogen-bond donors (Lipinski definition) is 0. The number of rotatable bonds is 4. The average Bonchev–Trinajstić information content (AvgIpc) is 3.05. The van der Waals surface area contributed by atoms with E-state index in [1.807, 2.05) is 56.0 Å². The van der Waals surface area contributed by atoms with E-state index in [9.17, 15) is 9.59 Å². The van der Waals surface area contributed by atoms with Gasteiger partial charge in [0.05, 0.1) is 5.88 Å². The Morgan fingerprint density at radius 2 is 1.96 bits per heavy atom. The van der Waals surface area contributed by atoms with Gasteiger partial charge in [-0.05, 0) is 26.3 Å². The molecular weight excluding hydrogens is 324 g/mol. The molecule has 0 N–H and O–H groups in total. The molecule has 1 aromatic rings. The van der Waals surface area contributed by atoms with Crippen LogP contribution in [0.5, 0.6) is 0 Å². The lowest BCUT2D eigenvalue weighted by Gasteiger charge is -2.32. The molecule has 0 spiro atoms. The normalized spacial score (nSPS) is 15.9. The maximum atomic E-state index is 12.9. The zero-order valence-corrected chi connectivity index (χ0v) is 15.6. The number of carbonyl (C=O) groups excluding carboxylic acids is 2. The van der Waals surface area contributed by atoms with Gasteiger partial charge < -0.3 is 9.64 Å². The van der Waals surface area contributed by atoms with Crippen LogP contribution in [0.1, 0.15) is 26.3 Å². The quantitative estimate of drug-likeness (QED) is 0.838. The summed E-state index contributed by atoms with van der Waals surface area (Å²) in [5.74, 6) is 1.61. The minimum Gasteiger partial charge on any atom is -0.444 e. The van der Waals surface area contributed by atoms with Crippen molar-refractivity contribution in [3.63, 3.8) is 0 Å². The third kappa shape index (κ3) is 5.16. The van der Waals surface area contributed by atoms with Crippen molar-refractivity contribution in [2.45, 2.75) is 38.8 Å². The molecule has 1 aliphatic rings. The van der Waals surface area contributed by atoms with Crippen LogP contribution in [-0.2, 0) is 16.0 Å². The Hall–Kier alpha value is -1.69. The molecule has 0 aromatic heterocycles. The standard InChI is InChI=1S/C18H26N2O3S/c1-18(2,3)23-17(22)19(4)15(12-14-8-6-5-7-9-14)16(21)20-10-11-24-13-20/h5-9,15H,10-13H2,1-4H3/t15-/m0/s1. The van der Waals surface area contributed by atoms with Crippen LogP contribution >= 0.6 is 11.8 Å².